The fourth-order valence-corrected chi connectivity index (χ4v) is 1.20. The van der Waals surface area contributed by atoms with E-state index in [-0.39, 0.29) is 10.6 Å². The van der Waals surface area contributed by atoms with E-state index in [1.165, 1.54) is 19.2 Å². The van der Waals surface area contributed by atoms with E-state index < -0.39 is 4.92 Å². The van der Waals surface area contributed by atoms with Gasteiger partial charge in [-0.25, -0.2) is 0 Å². The van der Waals surface area contributed by atoms with E-state index in [1.807, 2.05) is 0 Å². The normalized spacial score (nSPS) is 9.69. The quantitative estimate of drug-likeness (QED) is 0.461. The molecule has 0 fully saturated rings. The first-order valence-electron chi connectivity index (χ1n) is 3.33. The van der Waals surface area contributed by atoms with Gasteiger partial charge in [-0.1, -0.05) is 0 Å². The van der Waals surface area contributed by atoms with Crippen molar-refractivity contribution in [2.24, 2.45) is 0 Å². The molecule has 1 N–H and O–H groups in total. The van der Waals surface area contributed by atoms with Crippen molar-refractivity contribution in [3.63, 3.8) is 0 Å². The highest BCUT2D eigenvalue weighted by Crippen LogP contribution is 2.30. The third kappa shape index (κ3) is 2.10. The molecule has 0 heterocycles. The van der Waals surface area contributed by atoms with E-state index in [9.17, 15) is 10.1 Å². The Morgan fingerprint density at radius 1 is 1.62 bits per heavy atom. The van der Waals surface area contributed by atoms with Crippen LogP contribution in [0.15, 0.2) is 23.1 Å². The summed E-state index contributed by atoms with van der Waals surface area (Å²) in [4.78, 5) is 10.1. The van der Waals surface area contributed by atoms with Crippen molar-refractivity contribution in [3.05, 3.63) is 28.3 Å². The Morgan fingerprint density at radius 2 is 2.31 bits per heavy atom. The van der Waals surface area contributed by atoms with Crippen LogP contribution in [0.3, 0.4) is 0 Å². The Kier molecular flexibility index (Phi) is 3.10. The lowest BCUT2D eigenvalue weighted by Crippen LogP contribution is -1.92. The number of hydrogen-bond acceptors (Lipinski definition) is 5. The smallest absolute Gasteiger partial charge is 0.288 e. The summed E-state index contributed by atoms with van der Waals surface area (Å²) in [6.07, 6.45) is 0. The van der Waals surface area contributed by atoms with Crippen molar-refractivity contribution in [2.75, 3.05) is 7.11 Å². The van der Waals surface area contributed by atoms with Crippen LogP contribution in [-0.2, 0) is 0 Å². The van der Waals surface area contributed by atoms with Gasteiger partial charge < -0.3 is 9.29 Å². The van der Waals surface area contributed by atoms with Crippen LogP contribution in [0.5, 0.6) is 5.75 Å². The van der Waals surface area contributed by atoms with Gasteiger partial charge in [0.25, 0.3) is 5.69 Å². The molecule has 0 spiro atoms. The van der Waals surface area contributed by atoms with E-state index in [0.29, 0.717) is 17.8 Å². The number of rotatable bonds is 3. The van der Waals surface area contributed by atoms with Gasteiger partial charge in [0.15, 0.2) is 0 Å². The van der Waals surface area contributed by atoms with Crippen LogP contribution in [0.4, 0.5) is 5.69 Å². The average Bonchev–Trinajstić information content (AvgIpc) is 2.16. The second kappa shape index (κ2) is 4.11. The van der Waals surface area contributed by atoms with Gasteiger partial charge in [0.2, 0.25) is 0 Å². The van der Waals surface area contributed by atoms with Crippen LogP contribution in [0.2, 0.25) is 0 Å². The van der Waals surface area contributed by atoms with Crippen LogP contribution in [0.1, 0.15) is 0 Å². The molecule has 0 atom stereocenters. The van der Waals surface area contributed by atoms with Gasteiger partial charge in [-0.05, 0) is 12.1 Å². The lowest BCUT2D eigenvalue weighted by atomic mass is 10.3. The molecule has 0 radical (unpaired) electrons. The number of ether oxygens (including phenoxy) is 1. The summed E-state index contributed by atoms with van der Waals surface area (Å²) in [7, 11) is 1.42. The summed E-state index contributed by atoms with van der Waals surface area (Å²) >= 11 is 0.346. The highest BCUT2D eigenvalue weighted by atomic mass is 32.2. The van der Waals surface area contributed by atoms with Crippen molar-refractivity contribution in [1.29, 1.82) is 0 Å². The number of nitro groups is 1. The fourth-order valence-electron chi connectivity index (χ4n) is 0.844. The predicted molar refractivity (Wildman–Crippen MR) is 48.1 cm³/mol. The van der Waals surface area contributed by atoms with Crippen LogP contribution in [-0.4, -0.2) is 16.6 Å². The molecular weight excluding hydrogens is 194 g/mol. The van der Waals surface area contributed by atoms with Crippen molar-refractivity contribution in [2.45, 2.75) is 4.90 Å². The zero-order valence-corrected chi connectivity index (χ0v) is 7.58. The largest absolute Gasteiger partial charge is 0.497 e. The minimum Gasteiger partial charge on any atom is -0.497 e. The zero-order chi connectivity index (χ0) is 9.84. The maximum Gasteiger partial charge on any atom is 0.288 e. The van der Waals surface area contributed by atoms with Crippen LogP contribution in [0.25, 0.3) is 0 Å². The average molecular weight is 201 g/mol. The SMILES string of the molecule is COc1ccc(SO)c([N+](=O)[O-])c1. The monoisotopic (exact) mass is 201 g/mol. The van der Waals surface area contributed by atoms with E-state index in [1.54, 1.807) is 6.07 Å². The summed E-state index contributed by atoms with van der Waals surface area (Å²) in [6.45, 7) is 0. The van der Waals surface area contributed by atoms with Crippen molar-refractivity contribution in [3.8, 4) is 5.75 Å². The van der Waals surface area contributed by atoms with E-state index >= 15 is 0 Å². The minimum absolute atomic E-state index is 0.160. The molecule has 0 aliphatic heterocycles. The number of hydrogen-bond donors (Lipinski definition) is 1. The molecule has 13 heavy (non-hydrogen) atoms. The Labute approximate surface area is 78.7 Å². The van der Waals surface area contributed by atoms with Crippen LogP contribution in [0, 0.1) is 10.1 Å². The molecule has 1 rings (SSSR count). The van der Waals surface area contributed by atoms with Crippen LogP contribution < -0.4 is 4.74 Å². The predicted octanol–water partition coefficient (Wildman–Crippen LogP) is 2.17. The maximum absolute atomic E-state index is 10.5. The lowest BCUT2D eigenvalue weighted by Gasteiger charge is -2.01. The van der Waals surface area contributed by atoms with E-state index in [2.05, 4.69) is 0 Å². The Balaban J connectivity index is 3.18. The minimum atomic E-state index is -0.568. The summed E-state index contributed by atoms with van der Waals surface area (Å²) in [6, 6.07) is 4.24. The first-order valence-corrected chi connectivity index (χ1v) is 4.10. The summed E-state index contributed by atoms with van der Waals surface area (Å²) < 4.78 is 13.5. The van der Waals surface area contributed by atoms with E-state index in [0.717, 1.165) is 0 Å². The molecule has 0 aliphatic carbocycles. The summed E-state index contributed by atoms with van der Waals surface area (Å²) in [5, 5.41) is 10.5. The molecule has 0 unspecified atom stereocenters. The Bertz CT molecular complexity index is 328. The molecule has 6 heteroatoms. The topological polar surface area (TPSA) is 72.6 Å². The first kappa shape index (κ1) is 9.82. The second-order valence-electron chi connectivity index (χ2n) is 2.18. The van der Waals surface area contributed by atoms with Crippen LogP contribution >= 0.6 is 12.0 Å². The van der Waals surface area contributed by atoms with Gasteiger partial charge in [0.05, 0.1) is 18.1 Å². The lowest BCUT2D eigenvalue weighted by molar-refractivity contribution is -0.387. The number of nitro benzene ring substituents is 1. The van der Waals surface area contributed by atoms with Gasteiger partial charge in [0, 0.05) is 12.0 Å². The van der Waals surface area contributed by atoms with Crippen molar-refractivity contribution in [1.82, 2.24) is 0 Å². The molecule has 1 aromatic carbocycles. The summed E-state index contributed by atoms with van der Waals surface area (Å²) in [5.74, 6) is 0.393. The van der Waals surface area contributed by atoms with Gasteiger partial charge in [-0.15, -0.1) is 0 Å². The Morgan fingerprint density at radius 3 is 2.77 bits per heavy atom. The zero-order valence-electron chi connectivity index (χ0n) is 6.76. The third-order valence-corrected chi connectivity index (χ3v) is 2.00. The number of nitrogens with zero attached hydrogens (tertiary/aromatic N) is 1. The van der Waals surface area contributed by atoms with Crippen molar-refractivity contribution < 1.29 is 14.2 Å². The Hall–Kier alpha value is -1.27. The molecule has 0 bridgehead atoms. The highest BCUT2D eigenvalue weighted by molar-refractivity contribution is 7.94. The maximum atomic E-state index is 10.5. The molecule has 0 aromatic heterocycles. The standard InChI is InChI=1S/C7H7NO4S/c1-12-5-2-3-7(13-11)6(4-5)8(9)10/h2-4,11H,1H3. The molecule has 0 saturated heterocycles. The molecule has 0 saturated carbocycles. The molecule has 5 nitrogen and oxygen atoms in total. The van der Waals surface area contributed by atoms with Gasteiger partial charge >= 0.3 is 0 Å². The molecule has 0 amide bonds. The van der Waals surface area contributed by atoms with Gasteiger partial charge in [-0.3, -0.25) is 10.1 Å². The molecule has 0 aliphatic rings. The number of methoxy groups -OCH3 is 1. The fraction of sp³-hybridized carbons (Fsp3) is 0.143. The highest BCUT2D eigenvalue weighted by Gasteiger charge is 2.14. The number of benzene rings is 1. The first-order chi connectivity index (χ1) is 6.19. The van der Waals surface area contributed by atoms with Gasteiger partial charge in [-0.2, -0.15) is 0 Å². The summed E-state index contributed by atoms with van der Waals surface area (Å²) in [5.41, 5.74) is -0.160. The molecule has 70 valence electrons. The third-order valence-electron chi connectivity index (χ3n) is 1.46. The molecule has 1 aromatic rings. The molecular formula is C7H7NO4S. The van der Waals surface area contributed by atoms with E-state index in [4.69, 9.17) is 9.29 Å². The van der Waals surface area contributed by atoms with Gasteiger partial charge in [0.1, 0.15) is 10.6 Å². The second-order valence-corrected chi connectivity index (χ2v) is 2.80. The van der Waals surface area contributed by atoms with Crippen molar-refractivity contribution >= 4 is 17.7 Å².